The van der Waals surface area contributed by atoms with E-state index in [1.165, 1.54) is 5.56 Å². The van der Waals surface area contributed by atoms with Crippen molar-refractivity contribution in [2.75, 3.05) is 20.8 Å². The summed E-state index contributed by atoms with van der Waals surface area (Å²) in [4.78, 5) is 0. The Labute approximate surface area is 104 Å². The summed E-state index contributed by atoms with van der Waals surface area (Å²) in [5.74, 6) is 0.926. The first kappa shape index (κ1) is 14.0. The van der Waals surface area contributed by atoms with E-state index in [1.807, 2.05) is 33.0 Å². The van der Waals surface area contributed by atoms with Gasteiger partial charge in [-0.05, 0) is 45.0 Å². The highest BCUT2D eigenvalue weighted by Gasteiger charge is 2.09. The van der Waals surface area contributed by atoms with Crippen LogP contribution in [0.3, 0.4) is 0 Å². The van der Waals surface area contributed by atoms with Crippen molar-refractivity contribution in [3.8, 4) is 5.75 Å². The molecule has 0 bridgehead atoms. The fourth-order valence-electron chi connectivity index (χ4n) is 1.79. The fraction of sp³-hybridized carbons (Fsp3) is 0.571. The summed E-state index contributed by atoms with van der Waals surface area (Å²) in [5, 5.41) is 3.30. The molecule has 17 heavy (non-hydrogen) atoms. The zero-order valence-corrected chi connectivity index (χ0v) is 11.2. The van der Waals surface area contributed by atoms with Crippen LogP contribution in [0.5, 0.6) is 5.75 Å². The van der Waals surface area contributed by atoms with Crippen molar-refractivity contribution in [2.24, 2.45) is 0 Å². The first-order valence-electron chi connectivity index (χ1n) is 6.10. The van der Waals surface area contributed by atoms with Gasteiger partial charge in [-0.3, -0.25) is 0 Å². The van der Waals surface area contributed by atoms with E-state index in [-0.39, 0.29) is 6.10 Å². The van der Waals surface area contributed by atoms with Crippen molar-refractivity contribution < 1.29 is 9.47 Å². The number of rotatable bonds is 7. The second-order valence-electron chi connectivity index (χ2n) is 4.36. The van der Waals surface area contributed by atoms with E-state index in [4.69, 9.17) is 9.47 Å². The highest BCUT2D eigenvalue weighted by atomic mass is 16.5. The molecule has 96 valence electrons. The molecule has 1 aromatic rings. The Balaban J connectivity index is 2.73. The smallest absolute Gasteiger partial charge is 0.120 e. The van der Waals surface area contributed by atoms with Gasteiger partial charge in [-0.15, -0.1) is 0 Å². The average molecular weight is 237 g/mol. The minimum Gasteiger partial charge on any atom is -0.491 e. The van der Waals surface area contributed by atoms with Gasteiger partial charge in [0.15, 0.2) is 0 Å². The molecule has 0 aliphatic heterocycles. The van der Waals surface area contributed by atoms with Crippen LogP contribution < -0.4 is 10.1 Å². The highest BCUT2D eigenvalue weighted by Crippen LogP contribution is 2.22. The number of nitrogens with one attached hydrogen (secondary N) is 1. The van der Waals surface area contributed by atoms with Crippen LogP contribution in [0.1, 0.15) is 31.9 Å². The summed E-state index contributed by atoms with van der Waals surface area (Å²) in [5.41, 5.74) is 1.24. The summed E-state index contributed by atoms with van der Waals surface area (Å²) in [6, 6.07) is 8.54. The predicted octanol–water partition coefficient (Wildman–Crippen LogP) is 2.77. The van der Waals surface area contributed by atoms with Crippen molar-refractivity contribution >= 4 is 0 Å². The maximum absolute atomic E-state index is 5.69. The lowest BCUT2D eigenvalue weighted by Crippen LogP contribution is -2.18. The number of benzene rings is 1. The van der Waals surface area contributed by atoms with Gasteiger partial charge in [0.1, 0.15) is 5.75 Å². The van der Waals surface area contributed by atoms with Gasteiger partial charge in [-0.2, -0.15) is 0 Å². The molecule has 0 aliphatic carbocycles. The van der Waals surface area contributed by atoms with Crippen molar-refractivity contribution in [3.05, 3.63) is 29.8 Å². The Morgan fingerprint density at radius 1 is 1.29 bits per heavy atom. The largest absolute Gasteiger partial charge is 0.491 e. The zero-order valence-electron chi connectivity index (χ0n) is 11.2. The van der Waals surface area contributed by atoms with E-state index in [1.54, 1.807) is 7.11 Å². The second kappa shape index (κ2) is 7.30. The van der Waals surface area contributed by atoms with Crippen molar-refractivity contribution in [1.82, 2.24) is 5.32 Å². The fourth-order valence-corrected chi connectivity index (χ4v) is 1.79. The van der Waals surface area contributed by atoms with Crippen LogP contribution in [0.25, 0.3) is 0 Å². The molecule has 0 saturated carbocycles. The van der Waals surface area contributed by atoms with Gasteiger partial charge in [0.05, 0.1) is 6.10 Å². The molecule has 1 atom stereocenters. The van der Waals surface area contributed by atoms with Crippen LogP contribution in [0.4, 0.5) is 0 Å². The lowest BCUT2D eigenvalue weighted by atomic mass is 10.0. The number of ether oxygens (including phenoxy) is 2. The molecule has 0 aromatic heterocycles. The summed E-state index contributed by atoms with van der Waals surface area (Å²) in [7, 11) is 3.70. The van der Waals surface area contributed by atoms with Crippen LogP contribution in [0, 0.1) is 0 Å². The van der Waals surface area contributed by atoms with Crippen LogP contribution in [-0.2, 0) is 4.74 Å². The number of hydrogen-bond acceptors (Lipinski definition) is 3. The molecular weight excluding hydrogens is 214 g/mol. The summed E-state index contributed by atoms with van der Waals surface area (Å²) < 4.78 is 10.8. The Hall–Kier alpha value is -1.06. The van der Waals surface area contributed by atoms with E-state index in [0.717, 1.165) is 18.8 Å². The van der Waals surface area contributed by atoms with Gasteiger partial charge in [0.2, 0.25) is 0 Å². The molecule has 0 fully saturated rings. The maximum Gasteiger partial charge on any atom is 0.120 e. The monoisotopic (exact) mass is 237 g/mol. The molecule has 1 unspecified atom stereocenters. The molecule has 0 aliphatic rings. The SMILES string of the molecule is CNC(CCOC)c1cccc(OC(C)C)c1. The molecule has 0 amide bonds. The van der Waals surface area contributed by atoms with Crippen molar-refractivity contribution in [2.45, 2.75) is 32.4 Å². The first-order chi connectivity index (χ1) is 8.17. The van der Waals surface area contributed by atoms with E-state index in [9.17, 15) is 0 Å². The van der Waals surface area contributed by atoms with Gasteiger partial charge < -0.3 is 14.8 Å². The lowest BCUT2D eigenvalue weighted by molar-refractivity contribution is 0.184. The minimum absolute atomic E-state index is 0.206. The molecule has 3 heteroatoms. The topological polar surface area (TPSA) is 30.5 Å². The molecular formula is C14H23NO2. The molecule has 1 rings (SSSR count). The van der Waals surface area contributed by atoms with E-state index in [0.29, 0.717) is 6.04 Å². The Morgan fingerprint density at radius 2 is 2.06 bits per heavy atom. The molecule has 1 aromatic carbocycles. The third-order valence-electron chi connectivity index (χ3n) is 2.59. The van der Waals surface area contributed by atoms with Gasteiger partial charge >= 0.3 is 0 Å². The third-order valence-corrected chi connectivity index (χ3v) is 2.59. The van der Waals surface area contributed by atoms with Crippen LogP contribution in [-0.4, -0.2) is 26.9 Å². The van der Waals surface area contributed by atoms with Gasteiger partial charge in [-0.1, -0.05) is 12.1 Å². The summed E-state index contributed by atoms with van der Waals surface area (Å²) >= 11 is 0. The molecule has 3 nitrogen and oxygen atoms in total. The maximum atomic E-state index is 5.69. The summed E-state index contributed by atoms with van der Waals surface area (Å²) in [6.45, 7) is 4.82. The normalized spacial score (nSPS) is 12.8. The van der Waals surface area contributed by atoms with Crippen LogP contribution >= 0.6 is 0 Å². The van der Waals surface area contributed by atoms with E-state index in [2.05, 4.69) is 17.4 Å². The Morgan fingerprint density at radius 3 is 2.65 bits per heavy atom. The third kappa shape index (κ3) is 4.75. The molecule has 1 N–H and O–H groups in total. The van der Waals surface area contributed by atoms with Crippen molar-refractivity contribution in [1.29, 1.82) is 0 Å². The molecule has 0 saturated heterocycles. The van der Waals surface area contributed by atoms with E-state index >= 15 is 0 Å². The molecule has 0 heterocycles. The minimum atomic E-state index is 0.206. The van der Waals surface area contributed by atoms with Crippen LogP contribution in [0.15, 0.2) is 24.3 Å². The second-order valence-corrected chi connectivity index (χ2v) is 4.36. The van der Waals surface area contributed by atoms with Crippen LogP contribution in [0.2, 0.25) is 0 Å². The van der Waals surface area contributed by atoms with Gasteiger partial charge in [0, 0.05) is 19.8 Å². The average Bonchev–Trinajstić information content (AvgIpc) is 2.30. The molecule has 0 radical (unpaired) electrons. The van der Waals surface area contributed by atoms with Gasteiger partial charge in [-0.25, -0.2) is 0 Å². The van der Waals surface area contributed by atoms with Gasteiger partial charge in [0.25, 0.3) is 0 Å². The predicted molar refractivity (Wildman–Crippen MR) is 70.5 cm³/mol. The Bertz CT molecular complexity index is 326. The first-order valence-corrected chi connectivity index (χ1v) is 6.10. The Kier molecular flexibility index (Phi) is 6.01. The summed E-state index contributed by atoms with van der Waals surface area (Å²) in [6.07, 6.45) is 1.16. The highest BCUT2D eigenvalue weighted by molar-refractivity contribution is 5.30. The zero-order chi connectivity index (χ0) is 12.7. The molecule has 0 spiro atoms. The number of methoxy groups -OCH3 is 1. The quantitative estimate of drug-likeness (QED) is 0.791. The standard InChI is InChI=1S/C14H23NO2/c1-11(2)17-13-7-5-6-12(10-13)14(15-3)8-9-16-4/h5-7,10-11,14-15H,8-9H2,1-4H3. The lowest BCUT2D eigenvalue weighted by Gasteiger charge is -2.18. The van der Waals surface area contributed by atoms with Crippen molar-refractivity contribution in [3.63, 3.8) is 0 Å². The van der Waals surface area contributed by atoms with E-state index < -0.39 is 0 Å². The number of hydrogen-bond donors (Lipinski definition) is 1.